The summed E-state index contributed by atoms with van der Waals surface area (Å²) in [5, 5.41) is 2.70. The number of nitrogens with zero attached hydrogens (tertiary/aromatic N) is 2. The molecule has 1 aromatic carbocycles. The quantitative estimate of drug-likeness (QED) is 0.746. The average Bonchev–Trinajstić information content (AvgIpc) is 3.01. The molecule has 4 N–H and O–H groups in total. The van der Waals surface area contributed by atoms with Gasteiger partial charge in [-0.1, -0.05) is 12.1 Å². The molecule has 1 saturated heterocycles. The zero-order valence-corrected chi connectivity index (χ0v) is 11.5. The van der Waals surface area contributed by atoms with Crippen LogP contribution in [0.1, 0.15) is 12.2 Å². The smallest absolute Gasteiger partial charge is 0.237 e. The number of hydrogen-bond acceptors (Lipinski definition) is 4. The summed E-state index contributed by atoms with van der Waals surface area (Å²) in [5.41, 5.74) is 7.95. The number of benzene rings is 1. The number of para-hydroxylation sites is 2. The minimum atomic E-state index is -0.164. The maximum absolute atomic E-state index is 11.9. The van der Waals surface area contributed by atoms with Gasteiger partial charge in [-0.15, -0.1) is 0 Å². The summed E-state index contributed by atoms with van der Waals surface area (Å²) < 4.78 is 0. The summed E-state index contributed by atoms with van der Waals surface area (Å²) in [4.78, 5) is 21.8. The molecule has 6 heteroatoms. The van der Waals surface area contributed by atoms with E-state index in [4.69, 9.17) is 5.73 Å². The van der Waals surface area contributed by atoms with Crippen molar-refractivity contribution in [2.75, 3.05) is 13.6 Å². The molecule has 2 aromatic rings. The van der Waals surface area contributed by atoms with Crippen molar-refractivity contribution in [3.05, 3.63) is 30.1 Å². The van der Waals surface area contributed by atoms with E-state index in [2.05, 4.69) is 20.2 Å². The number of aromatic amines is 1. The van der Waals surface area contributed by atoms with Crippen molar-refractivity contribution in [2.24, 2.45) is 5.73 Å². The van der Waals surface area contributed by atoms with E-state index >= 15 is 0 Å². The number of hydrogen-bond donors (Lipinski definition) is 3. The standard InChI is InChI=1S/C14H19N5O/c1-16-14(20)12-6-9(15)7-19(12)8-13-17-10-4-2-3-5-11(10)18-13/h2-5,9,12H,6-8,15H2,1H3,(H,16,20)(H,17,18)/t9-,12+/m1/s1. The van der Waals surface area contributed by atoms with E-state index in [9.17, 15) is 4.79 Å². The fourth-order valence-corrected chi connectivity index (χ4v) is 2.83. The summed E-state index contributed by atoms with van der Waals surface area (Å²) in [6.07, 6.45) is 0.694. The van der Waals surface area contributed by atoms with E-state index in [0.29, 0.717) is 13.0 Å². The highest BCUT2D eigenvalue weighted by Crippen LogP contribution is 2.20. The lowest BCUT2D eigenvalue weighted by Gasteiger charge is -2.21. The number of rotatable bonds is 3. The molecule has 6 nitrogen and oxygen atoms in total. The van der Waals surface area contributed by atoms with Crippen LogP contribution in [0.3, 0.4) is 0 Å². The molecule has 1 aromatic heterocycles. The Bertz CT molecular complexity index is 590. The van der Waals surface area contributed by atoms with Crippen LogP contribution in [0.4, 0.5) is 0 Å². The molecular formula is C14H19N5O. The summed E-state index contributed by atoms with van der Waals surface area (Å²) >= 11 is 0. The number of carbonyl (C=O) groups is 1. The van der Waals surface area contributed by atoms with Gasteiger partial charge in [-0.05, 0) is 18.6 Å². The fourth-order valence-electron chi connectivity index (χ4n) is 2.83. The number of carbonyl (C=O) groups excluding carboxylic acids is 1. The highest BCUT2D eigenvalue weighted by atomic mass is 16.2. The van der Waals surface area contributed by atoms with Gasteiger partial charge in [0.1, 0.15) is 5.82 Å². The third-order valence-electron chi connectivity index (χ3n) is 3.78. The Morgan fingerprint density at radius 1 is 1.55 bits per heavy atom. The van der Waals surface area contributed by atoms with E-state index in [-0.39, 0.29) is 18.0 Å². The van der Waals surface area contributed by atoms with Gasteiger partial charge in [0.25, 0.3) is 0 Å². The molecule has 0 spiro atoms. The Morgan fingerprint density at radius 3 is 3.10 bits per heavy atom. The maximum atomic E-state index is 11.9. The molecule has 0 radical (unpaired) electrons. The number of fused-ring (bicyclic) bond motifs is 1. The van der Waals surface area contributed by atoms with Crippen molar-refractivity contribution in [1.82, 2.24) is 20.2 Å². The molecule has 2 atom stereocenters. The Kier molecular flexibility index (Phi) is 3.42. The molecule has 0 saturated carbocycles. The summed E-state index contributed by atoms with van der Waals surface area (Å²) in [6.45, 7) is 1.33. The van der Waals surface area contributed by atoms with Gasteiger partial charge < -0.3 is 16.0 Å². The topological polar surface area (TPSA) is 87.0 Å². The van der Waals surface area contributed by atoms with Crippen LogP contribution in [0.25, 0.3) is 11.0 Å². The van der Waals surface area contributed by atoms with Crippen LogP contribution in [-0.4, -0.2) is 46.5 Å². The van der Waals surface area contributed by atoms with Crippen molar-refractivity contribution in [1.29, 1.82) is 0 Å². The normalized spacial score (nSPS) is 23.3. The van der Waals surface area contributed by atoms with Crippen LogP contribution >= 0.6 is 0 Å². The predicted octanol–water partition coefficient (Wildman–Crippen LogP) is 0.211. The minimum absolute atomic E-state index is 0.0223. The first-order valence-electron chi connectivity index (χ1n) is 6.82. The average molecular weight is 273 g/mol. The molecule has 1 aliphatic heterocycles. The maximum Gasteiger partial charge on any atom is 0.237 e. The van der Waals surface area contributed by atoms with Crippen molar-refractivity contribution in [3.8, 4) is 0 Å². The van der Waals surface area contributed by atoms with Gasteiger partial charge in [0.2, 0.25) is 5.91 Å². The first kappa shape index (κ1) is 13.1. The molecular weight excluding hydrogens is 254 g/mol. The molecule has 0 unspecified atom stereocenters. The molecule has 3 rings (SSSR count). The highest BCUT2D eigenvalue weighted by molar-refractivity contribution is 5.82. The van der Waals surface area contributed by atoms with Gasteiger partial charge in [-0.25, -0.2) is 4.98 Å². The van der Waals surface area contributed by atoms with E-state index in [0.717, 1.165) is 23.4 Å². The Labute approximate surface area is 117 Å². The second-order valence-corrected chi connectivity index (χ2v) is 5.26. The molecule has 106 valence electrons. The number of nitrogens with two attached hydrogens (primary N) is 1. The molecule has 0 aliphatic carbocycles. The SMILES string of the molecule is CNC(=O)[C@@H]1C[C@@H](N)CN1Cc1nc2ccccc2[nH]1. The number of amides is 1. The molecule has 1 amide bonds. The van der Waals surface area contributed by atoms with Gasteiger partial charge in [-0.2, -0.15) is 0 Å². The largest absolute Gasteiger partial charge is 0.358 e. The van der Waals surface area contributed by atoms with Crippen LogP contribution in [0.15, 0.2) is 24.3 Å². The molecule has 0 bridgehead atoms. The van der Waals surface area contributed by atoms with Crippen LogP contribution in [-0.2, 0) is 11.3 Å². The molecule has 1 fully saturated rings. The molecule has 20 heavy (non-hydrogen) atoms. The zero-order valence-electron chi connectivity index (χ0n) is 11.5. The lowest BCUT2D eigenvalue weighted by atomic mass is 10.1. The Balaban J connectivity index is 1.80. The number of nitrogens with one attached hydrogen (secondary N) is 2. The number of likely N-dealkylation sites (N-methyl/N-ethyl adjacent to an activating group) is 1. The lowest BCUT2D eigenvalue weighted by molar-refractivity contribution is -0.125. The fraction of sp³-hybridized carbons (Fsp3) is 0.429. The van der Waals surface area contributed by atoms with Gasteiger partial charge in [0.15, 0.2) is 0 Å². The summed E-state index contributed by atoms with van der Waals surface area (Å²) in [5.74, 6) is 0.892. The van der Waals surface area contributed by atoms with Crippen LogP contribution in [0, 0.1) is 0 Å². The third kappa shape index (κ3) is 2.39. The van der Waals surface area contributed by atoms with Crippen molar-refractivity contribution < 1.29 is 4.79 Å². The van der Waals surface area contributed by atoms with Crippen LogP contribution in [0.2, 0.25) is 0 Å². The van der Waals surface area contributed by atoms with Gasteiger partial charge >= 0.3 is 0 Å². The van der Waals surface area contributed by atoms with Gasteiger partial charge in [0, 0.05) is 19.6 Å². The number of imidazole rings is 1. The van der Waals surface area contributed by atoms with E-state index < -0.39 is 0 Å². The molecule has 2 heterocycles. The van der Waals surface area contributed by atoms with Crippen molar-refractivity contribution in [2.45, 2.75) is 25.0 Å². The summed E-state index contributed by atoms with van der Waals surface area (Å²) in [7, 11) is 1.66. The van der Waals surface area contributed by atoms with Crippen LogP contribution < -0.4 is 11.1 Å². The van der Waals surface area contributed by atoms with Crippen LogP contribution in [0.5, 0.6) is 0 Å². The first-order valence-corrected chi connectivity index (χ1v) is 6.82. The highest BCUT2D eigenvalue weighted by Gasteiger charge is 2.34. The van der Waals surface area contributed by atoms with E-state index in [1.807, 2.05) is 24.3 Å². The van der Waals surface area contributed by atoms with Crippen molar-refractivity contribution in [3.63, 3.8) is 0 Å². The monoisotopic (exact) mass is 273 g/mol. The predicted molar refractivity (Wildman–Crippen MR) is 77.0 cm³/mol. The second kappa shape index (κ2) is 5.22. The first-order chi connectivity index (χ1) is 9.67. The Hall–Kier alpha value is -1.92. The third-order valence-corrected chi connectivity index (χ3v) is 3.78. The number of H-pyrrole nitrogens is 1. The van der Waals surface area contributed by atoms with E-state index in [1.54, 1.807) is 7.05 Å². The Morgan fingerprint density at radius 2 is 2.35 bits per heavy atom. The second-order valence-electron chi connectivity index (χ2n) is 5.26. The van der Waals surface area contributed by atoms with Crippen molar-refractivity contribution >= 4 is 16.9 Å². The van der Waals surface area contributed by atoms with Gasteiger partial charge in [-0.3, -0.25) is 9.69 Å². The molecule has 1 aliphatic rings. The van der Waals surface area contributed by atoms with E-state index in [1.165, 1.54) is 0 Å². The van der Waals surface area contributed by atoms with Gasteiger partial charge in [0.05, 0.1) is 23.6 Å². The minimum Gasteiger partial charge on any atom is -0.358 e. The number of aromatic nitrogens is 2. The lowest BCUT2D eigenvalue weighted by Crippen LogP contribution is -2.41. The number of likely N-dealkylation sites (tertiary alicyclic amines) is 1. The summed E-state index contributed by atoms with van der Waals surface area (Å²) in [6, 6.07) is 7.79. The zero-order chi connectivity index (χ0) is 14.1.